The van der Waals surface area contributed by atoms with Crippen molar-refractivity contribution in [2.24, 2.45) is 5.41 Å². The Kier molecular flexibility index (Phi) is 5.27. The Labute approximate surface area is 221 Å². The molecule has 0 spiro atoms. The second kappa shape index (κ2) is 7.96. The summed E-state index contributed by atoms with van der Waals surface area (Å²) in [4.78, 5) is 29.0. The van der Waals surface area contributed by atoms with Gasteiger partial charge >= 0.3 is 0 Å². The molecule has 2 fully saturated rings. The predicted molar refractivity (Wildman–Crippen MR) is 143 cm³/mol. The number of rotatable bonds is 3. The maximum Gasteiger partial charge on any atom is 0.235 e. The molecule has 1 saturated heterocycles. The van der Waals surface area contributed by atoms with E-state index in [9.17, 15) is 4.79 Å². The van der Waals surface area contributed by atoms with Gasteiger partial charge in [0.2, 0.25) is 5.91 Å². The minimum Gasteiger partial charge on any atom is -0.497 e. The number of hydrogen-bond donors (Lipinski definition) is 0. The van der Waals surface area contributed by atoms with Crippen LogP contribution in [-0.4, -0.2) is 54.1 Å². The monoisotopic (exact) mass is 524 g/mol. The topological polar surface area (TPSA) is 58.6 Å². The third-order valence-corrected chi connectivity index (χ3v) is 10.2. The first-order chi connectivity index (χ1) is 17.1. The molecular formula is C28H30Cl2N4O2. The summed E-state index contributed by atoms with van der Waals surface area (Å²) in [7, 11) is 1.67. The molecule has 1 amide bonds. The van der Waals surface area contributed by atoms with E-state index in [4.69, 9.17) is 37.9 Å². The van der Waals surface area contributed by atoms with E-state index in [1.807, 2.05) is 17.0 Å². The first-order valence-corrected chi connectivity index (χ1v) is 13.2. The Morgan fingerprint density at radius 2 is 1.47 bits per heavy atom. The molecule has 3 aromatic rings. The van der Waals surface area contributed by atoms with E-state index in [0.717, 1.165) is 54.3 Å². The van der Waals surface area contributed by atoms with E-state index in [1.54, 1.807) is 19.2 Å². The van der Waals surface area contributed by atoms with Crippen LogP contribution >= 0.6 is 23.2 Å². The first kappa shape index (κ1) is 23.8. The van der Waals surface area contributed by atoms with Crippen LogP contribution in [0.3, 0.4) is 0 Å². The van der Waals surface area contributed by atoms with Gasteiger partial charge in [0.15, 0.2) is 0 Å². The number of piperazine rings is 1. The molecule has 6 nitrogen and oxygen atoms in total. The molecular weight excluding hydrogens is 495 g/mol. The van der Waals surface area contributed by atoms with Gasteiger partial charge in [-0.3, -0.25) is 4.79 Å². The lowest BCUT2D eigenvalue weighted by Gasteiger charge is -2.44. The number of carbonyl (C=O) groups excluding carboxylic acids is 1. The van der Waals surface area contributed by atoms with Crippen LogP contribution in [0.15, 0.2) is 36.4 Å². The summed E-state index contributed by atoms with van der Waals surface area (Å²) in [6, 6.07) is 11.6. The van der Waals surface area contributed by atoms with E-state index in [-0.39, 0.29) is 16.7 Å². The lowest BCUT2D eigenvalue weighted by Crippen LogP contribution is -2.57. The fourth-order valence-corrected chi connectivity index (χ4v) is 7.12. The summed E-state index contributed by atoms with van der Waals surface area (Å²) >= 11 is 12.6. The largest absolute Gasteiger partial charge is 0.497 e. The molecule has 6 rings (SSSR count). The van der Waals surface area contributed by atoms with Crippen LogP contribution in [-0.2, 0) is 15.6 Å². The fourth-order valence-electron chi connectivity index (χ4n) is 6.80. The summed E-state index contributed by atoms with van der Waals surface area (Å²) in [5.41, 5.74) is 3.06. The molecule has 1 aromatic heterocycles. The highest BCUT2D eigenvalue weighted by molar-refractivity contribution is 6.42. The van der Waals surface area contributed by atoms with Crippen LogP contribution in [0.5, 0.6) is 5.75 Å². The van der Waals surface area contributed by atoms with Gasteiger partial charge in [-0.2, -0.15) is 0 Å². The zero-order valence-electron chi connectivity index (χ0n) is 21.1. The van der Waals surface area contributed by atoms with Crippen molar-refractivity contribution in [1.29, 1.82) is 0 Å². The van der Waals surface area contributed by atoms with Gasteiger partial charge < -0.3 is 14.5 Å². The summed E-state index contributed by atoms with van der Waals surface area (Å²) in [6.45, 7) is 9.62. The van der Waals surface area contributed by atoms with E-state index in [2.05, 4.69) is 37.8 Å². The van der Waals surface area contributed by atoms with Crippen molar-refractivity contribution in [2.75, 3.05) is 38.2 Å². The van der Waals surface area contributed by atoms with Gasteiger partial charge in [-0.1, -0.05) is 44.0 Å². The molecule has 1 saturated carbocycles. The zero-order valence-corrected chi connectivity index (χ0v) is 22.6. The van der Waals surface area contributed by atoms with Crippen molar-refractivity contribution in [3.63, 3.8) is 0 Å². The van der Waals surface area contributed by atoms with Crippen LogP contribution in [0.1, 0.15) is 45.0 Å². The number of carbonyl (C=O) groups is 1. The predicted octanol–water partition coefficient (Wildman–Crippen LogP) is 5.62. The van der Waals surface area contributed by atoms with Crippen molar-refractivity contribution < 1.29 is 9.53 Å². The lowest BCUT2D eigenvalue weighted by molar-refractivity contribution is -0.141. The molecule has 0 radical (unpaired) electrons. The Hall–Kier alpha value is -2.57. The number of amides is 1. The van der Waals surface area contributed by atoms with Gasteiger partial charge in [-0.25, -0.2) is 9.97 Å². The van der Waals surface area contributed by atoms with E-state index >= 15 is 0 Å². The molecule has 2 unspecified atom stereocenters. The molecule has 0 N–H and O–H groups in total. The van der Waals surface area contributed by atoms with Crippen LogP contribution in [0, 0.1) is 5.41 Å². The highest BCUT2D eigenvalue weighted by atomic mass is 35.5. The standard InChI is InChI=1S/C28H30Cl2N4O2/c1-26(2)27(3)9-10-28(26,24-23(27)31-21-15-19(29)20(30)16-22(21)32-24)25(35)34-13-11-33(12-14-34)17-5-7-18(36-4)8-6-17/h5-8,15-16H,9-14H2,1-4H3. The molecule has 3 aliphatic rings. The van der Waals surface area contributed by atoms with E-state index < -0.39 is 5.41 Å². The Morgan fingerprint density at radius 1 is 0.889 bits per heavy atom. The SMILES string of the molecule is COc1ccc(N2CCN(C(=O)C34CCC(C)(c5nc6cc(Cl)c(Cl)cc6nc53)C4(C)C)CC2)cc1. The van der Waals surface area contributed by atoms with E-state index in [0.29, 0.717) is 28.7 Å². The number of hydrogen-bond acceptors (Lipinski definition) is 5. The lowest BCUT2D eigenvalue weighted by atomic mass is 9.63. The molecule has 2 atom stereocenters. The van der Waals surface area contributed by atoms with Gasteiger partial charge in [0.1, 0.15) is 5.75 Å². The Morgan fingerprint density at radius 3 is 2.06 bits per heavy atom. The smallest absolute Gasteiger partial charge is 0.235 e. The second-order valence-corrected chi connectivity index (χ2v) is 11.8. The third-order valence-electron chi connectivity index (χ3n) is 9.45. The van der Waals surface area contributed by atoms with Gasteiger partial charge in [-0.05, 0) is 54.7 Å². The number of benzene rings is 2. The van der Waals surface area contributed by atoms with E-state index in [1.165, 1.54) is 0 Å². The average Bonchev–Trinajstić information content (AvgIpc) is 3.18. The summed E-state index contributed by atoms with van der Waals surface area (Å²) in [6.07, 6.45) is 1.69. The molecule has 2 heterocycles. The summed E-state index contributed by atoms with van der Waals surface area (Å²) in [5.74, 6) is 1.02. The fraction of sp³-hybridized carbons (Fsp3) is 0.464. The van der Waals surface area contributed by atoms with Crippen molar-refractivity contribution in [3.05, 3.63) is 57.8 Å². The number of fused-ring (bicyclic) bond motifs is 6. The van der Waals surface area contributed by atoms with Crippen molar-refractivity contribution in [1.82, 2.24) is 14.9 Å². The third kappa shape index (κ3) is 3.00. The molecule has 36 heavy (non-hydrogen) atoms. The zero-order chi connectivity index (χ0) is 25.5. The van der Waals surface area contributed by atoms with Gasteiger partial charge in [0.05, 0.1) is 45.0 Å². The molecule has 1 aliphatic heterocycles. The van der Waals surface area contributed by atoms with Crippen molar-refractivity contribution in [3.8, 4) is 5.75 Å². The van der Waals surface area contributed by atoms with Crippen LogP contribution in [0.4, 0.5) is 5.69 Å². The molecule has 188 valence electrons. The quantitative estimate of drug-likeness (QED) is 0.444. The van der Waals surface area contributed by atoms with Crippen molar-refractivity contribution >= 4 is 45.8 Å². The minimum absolute atomic E-state index is 0.179. The normalized spacial score (nSPS) is 26.4. The number of nitrogens with zero attached hydrogens (tertiary/aromatic N) is 4. The minimum atomic E-state index is -0.702. The molecule has 8 heteroatoms. The highest BCUT2D eigenvalue weighted by Gasteiger charge is 2.73. The molecule has 2 aromatic carbocycles. The number of anilines is 1. The Bertz CT molecular complexity index is 1380. The second-order valence-electron chi connectivity index (χ2n) is 11.0. The van der Waals surface area contributed by atoms with Crippen LogP contribution < -0.4 is 9.64 Å². The molecule has 2 bridgehead atoms. The number of aromatic nitrogens is 2. The van der Waals surface area contributed by atoms with Crippen molar-refractivity contribution in [2.45, 2.75) is 44.4 Å². The van der Waals surface area contributed by atoms with Crippen LogP contribution in [0.2, 0.25) is 10.0 Å². The summed E-state index contributed by atoms with van der Waals surface area (Å²) in [5, 5.41) is 0.911. The van der Waals surface area contributed by atoms with Gasteiger partial charge in [0, 0.05) is 37.3 Å². The van der Waals surface area contributed by atoms with Crippen LogP contribution in [0.25, 0.3) is 11.0 Å². The van der Waals surface area contributed by atoms with Gasteiger partial charge in [-0.15, -0.1) is 0 Å². The average molecular weight is 525 g/mol. The maximum absolute atomic E-state index is 14.5. The molecule has 2 aliphatic carbocycles. The summed E-state index contributed by atoms with van der Waals surface area (Å²) < 4.78 is 5.29. The number of methoxy groups -OCH3 is 1. The van der Waals surface area contributed by atoms with Gasteiger partial charge in [0.25, 0.3) is 0 Å². The number of halogens is 2. The first-order valence-electron chi connectivity index (χ1n) is 12.5. The highest BCUT2D eigenvalue weighted by Crippen LogP contribution is 2.70. The Balaban J connectivity index is 1.35. The maximum atomic E-state index is 14.5. The number of ether oxygens (including phenoxy) is 1.